The van der Waals surface area contributed by atoms with Crippen molar-refractivity contribution in [3.8, 4) is 0 Å². The lowest BCUT2D eigenvalue weighted by atomic mass is 10.3. The van der Waals surface area contributed by atoms with E-state index in [1.165, 1.54) is 35.1 Å². The van der Waals surface area contributed by atoms with Crippen LogP contribution in [0, 0.1) is 5.82 Å². The number of benzene rings is 1. The van der Waals surface area contributed by atoms with E-state index in [0.717, 1.165) is 0 Å². The van der Waals surface area contributed by atoms with Gasteiger partial charge in [-0.05, 0) is 24.3 Å². The summed E-state index contributed by atoms with van der Waals surface area (Å²) in [6, 6.07) is 4.99. The number of hydrogen-bond acceptors (Lipinski definition) is 3. The molecule has 0 saturated heterocycles. The molecule has 1 aromatic heterocycles. The van der Waals surface area contributed by atoms with Crippen LogP contribution >= 0.6 is 0 Å². The molecule has 0 atom stereocenters. The second-order valence-electron chi connectivity index (χ2n) is 3.80. The summed E-state index contributed by atoms with van der Waals surface area (Å²) < 4.78 is 14.2. The van der Waals surface area contributed by atoms with Gasteiger partial charge in [0.05, 0.1) is 25.0 Å². The van der Waals surface area contributed by atoms with Crippen LogP contribution in [0.5, 0.6) is 0 Å². The molecule has 0 aliphatic rings. The van der Waals surface area contributed by atoms with E-state index in [1.807, 2.05) is 0 Å². The summed E-state index contributed by atoms with van der Waals surface area (Å²) in [5, 5.41) is 17.8. The van der Waals surface area contributed by atoms with Crippen LogP contribution < -0.4 is 10.6 Å². The van der Waals surface area contributed by atoms with Crippen LogP contribution in [0.15, 0.2) is 36.7 Å². The molecule has 0 aliphatic carbocycles. The number of urea groups is 1. The normalized spacial score (nSPS) is 10.2. The third-order valence-corrected chi connectivity index (χ3v) is 2.32. The number of aliphatic hydroxyl groups is 1. The SMILES string of the molecule is O=C(Nc1ccc(F)cc1)Nc1cnn(CCO)c1. The van der Waals surface area contributed by atoms with E-state index in [2.05, 4.69) is 15.7 Å². The number of nitrogens with one attached hydrogen (secondary N) is 2. The Hall–Kier alpha value is -2.41. The molecule has 0 fully saturated rings. The molecule has 1 aromatic carbocycles. The molecule has 19 heavy (non-hydrogen) atoms. The fourth-order valence-corrected chi connectivity index (χ4v) is 1.48. The lowest BCUT2D eigenvalue weighted by molar-refractivity contribution is 0.262. The van der Waals surface area contributed by atoms with Crippen LogP contribution in [0.25, 0.3) is 0 Å². The van der Waals surface area contributed by atoms with Crippen LogP contribution in [-0.4, -0.2) is 27.5 Å². The standard InChI is InChI=1S/C12H13FN4O2/c13-9-1-3-10(4-2-9)15-12(19)16-11-7-14-17(8-11)5-6-18/h1-4,7-8,18H,5-6H2,(H2,15,16,19). The van der Waals surface area contributed by atoms with Crippen LogP contribution in [0.4, 0.5) is 20.6 Å². The molecule has 0 radical (unpaired) electrons. The van der Waals surface area contributed by atoms with Crippen molar-refractivity contribution in [2.75, 3.05) is 17.2 Å². The lowest BCUT2D eigenvalue weighted by Gasteiger charge is -2.05. The monoisotopic (exact) mass is 264 g/mol. The Morgan fingerprint density at radius 2 is 1.95 bits per heavy atom. The average Bonchev–Trinajstić information content (AvgIpc) is 2.80. The fraction of sp³-hybridized carbons (Fsp3) is 0.167. The third-order valence-electron chi connectivity index (χ3n) is 2.32. The Kier molecular flexibility index (Phi) is 4.09. The molecule has 0 unspecified atom stereocenters. The Morgan fingerprint density at radius 1 is 1.26 bits per heavy atom. The van der Waals surface area contributed by atoms with Gasteiger partial charge < -0.3 is 15.7 Å². The van der Waals surface area contributed by atoms with Gasteiger partial charge in [0, 0.05) is 11.9 Å². The molecule has 6 nitrogen and oxygen atoms in total. The fourth-order valence-electron chi connectivity index (χ4n) is 1.48. The van der Waals surface area contributed by atoms with Crippen molar-refractivity contribution in [1.29, 1.82) is 0 Å². The van der Waals surface area contributed by atoms with Gasteiger partial charge in [-0.25, -0.2) is 9.18 Å². The first kappa shape index (κ1) is 13.0. The van der Waals surface area contributed by atoms with Gasteiger partial charge in [-0.3, -0.25) is 4.68 Å². The molecular formula is C12H13FN4O2. The quantitative estimate of drug-likeness (QED) is 0.785. The molecule has 7 heteroatoms. The van der Waals surface area contributed by atoms with E-state index in [4.69, 9.17) is 5.11 Å². The second kappa shape index (κ2) is 5.96. The van der Waals surface area contributed by atoms with Gasteiger partial charge in [-0.2, -0.15) is 5.10 Å². The predicted octanol–water partition coefficient (Wildman–Crippen LogP) is 1.66. The van der Waals surface area contributed by atoms with Crippen molar-refractivity contribution in [1.82, 2.24) is 9.78 Å². The number of halogens is 1. The first-order valence-corrected chi connectivity index (χ1v) is 5.64. The molecule has 2 rings (SSSR count). The van der Waals surface area contributed by atoms with Crippen molar-refractivity contribution < 1.29 is 14.3 Å². The van der Waals surface area contributed by atoms with Crippen molar-refractivity contribution in [3.05, 3.63) is 42.5 Å². The number of rotatable bonds is 4. The number of nitrogens with zero attached hydrogens (tertiary/aromatic N) is 2. The summed E-state index contributed by atoms with van der Waals surface area (Å²) in [5.41, 5.74) is 0.995. The number of aliphatic hydroxyl groups excluding tert-OH is 1. The summed E-state index contributed by atoms with van der Waals surface area (Å²) >= 11 is 0. The summed E-state index contributed by atoms with van der Waals surface area (Å²) in [5.74, 6) is -0.365. The smallest absolute Gasteiger partial charge is 0.323 e. The summed E-state index contributed by atoms with van der Waals surface area (Å²) in [7, 11) is 0. The van der Waals surface area contributed by atoms with Crippen LogP contribution in [0.1, 0.15) is 0 Å². The number of hydrogen-bond donors (Lipinski definition) is 3. The average molecular weight is 264 g/mol. The van der Waals surface area contributed by atoms with Crippen LogP contribution in [0.3, 0.4) is 0 Å². The minimum atomic E-state index is -0.449. The molecule has 0 aliphatic heterocycles. The molecule has 0 spiro atoms. The Labute approximate surface area is 108 Å². The zero-order chi connectivity index (χ0) is 13.7. The minimum Gasteiger partial charge on any atom is -0.394 e. The molecule has 0 saturated carbocycles. The maximum absolute atomic E-state index is 12.7. The van der Waals surface area contributed by atoms with Gasteiger partial charge in [0.15, 0.2) is 0 Å². The van der Waals surface area contributed by atoms with Gasteiger partial charge in [-0.15, -0.1) is 0 Å². The highest BCUT2D eigenvalue weighted by molar-refractivity contribution is 5.99. The van der Waals surface area contributed by atoms with E-state index in [9.17, 15) is 9.18 Å². The zero-order valence-electron chi connectivity index (χ0n) is 10.0. The van der Waals surface area contributed by atoms with E-state index in [1.54, 1.807) is 6.20 Å². The molecule has 1 heterocycles. The number of aromatic nitrogens is 2. The molecule has 3 N–H and O–H groups in total. The Balaban J connectivity index is 1.91. The second-order valence-corrected chi connectivity index (χ2v) is 3.80. The number of carbonyl (C=O) groups is 1. The summed E-state index contributed by atoms with van der Waals surface area (Å²) in [6.07, 6.45) is 3.07. The predicted molar refractivity (Wildman–Crippen MR) is 68.4 cm³/mol. The Morgan fingerprint density at radius 3 is 2.63 bits per heavy atom. The highest BCUT2D eigenvalue weighted by atomic mass is 19.1. The van der Waals surface area contributed by atoms with E-state index < -0.39 is 6.03 Å². The number of carbonyl (C=O) groups excluding carboxylic acids is 1. The molecule has 100 valence electrons. The van der Waals surface area contributed by atoms with Gasteiger partial charge >= 0.3 is 6.03 Å². The van der Waals surface area contributed by atoms with Crippen LogP contribution in [0.2, 0.25) is 0 Å². The van der Waals surface area contributed by atoms with Crippen molar-refractivity contribution >= 4 is 17.4 Å². The van der Waals surface area contributed by atoms with Crippen LogP contribution in [-0.2, 0) is 6.54 Å². The Bertz CT molecular complexity index is 553. The maximum atomic E-state index is 12.7. The highest BCUT2D eigenvalue weighted by Crippen LogP contribution is 2.10. The van der Waals surface area contributed by atoms with Gasteiger partial charge in [0.2, 0.25) is 0 Å². The lowest BCUT2D eigenvalue weighted by Crippen LogP contribution is -2.19. The van der Waals surface area contributed by atoms with E-state index in [0.29, 0.717) is 17.9 Å². The van der Waals surface area contributed by atoms with Crippen molar-refractivity contribution in [2.24, 2.45) is 0 Å². The zero-order valence-corrected chi connectivity index (χ0v) is 10.0. The van der Waals surface area contributed by atoms with Crippen molar-refractivity contribution in [3.63, 3.8) is 0 Å². The van der Waals surface area contributed by atoms with Gasteiger partial charge in [-0.1, -0.05) is 0 Å². The molecule has 2 amide bonds. The first-order valence-electron chi connectivity index (χ1n) is 5.64. The highest BCUT2D eigenvalue weighted by Gasteiger charge is 2.04. The molecule has 2 aromatic rings. The van der Waals surface area contributed by atoms with Gasteiger partial charge in [0.25, 0.3) is 0 Å². The van der Waals surface area contributed by atoms with E-state index in [-0.39, 0.29) is 12.4 Å². The molecular weight excluding hydrogens is 251 g/mol. The molecule has 0 bridgehead atoms. The largest absolute Gasteiger partial charge is 0.394 e. The third kappa shape index (κ3) is 3.78. The maximum Gasteiger partial charge on any atom is 0.323 e. The topological polar surface area (TPSA) is 79.2 Å². The summed E-state index contributed by atoms with van der Waals surface area (Å²) in [6.45, 7) is 0.337. The van der Waals surface area contributed by atoms with E-state index >= 15 is 0 Å². The minimum absolute atomic E-state index is 0.0249. The first-order chi connectivity index (χ1) is 9.17. The van der Waals surface area contributed by atoms with Crippen molar-refractivity contribution in [2.45, 2.75) is 6.54 Å². The number of amides is 2. The summed E-state index contributed by atoms with van der Waals surface area (Å²) in [4.78, 5) is 11.6. The number of anilines is 2. The van der Waals surface area contributed by atoms with Gasteiger partial charge in [0.1, 0.15) is 5.82 Å².